The molecule has 12 heavy (non-hydrogen) atoms. The summed E-state index contributed by atoms with van der Waals surface area (Å²) in [5.41, 5.74) is 0.349. The van der Waals surface area contributed by atoms with Crippen LogP contribution >= 0.6 is 0 Å². The maximum absolute atomic E-state index is 8.82. The van der Waals surface area contributed by atoms with Crippen LogP contribution in [0.4, 0.5) is 0 Å². The van der Waals surface area contributed by atoms with Gasteiger partial charge in [-0.25, -0.2) is 0 Å². The molecule has 0 aromatic rings. The summed E-state index contributed by atoms with van der Waals surface area (Å²) < 4.78 is 0. The Bertz CT molecular complexity index is 101. The molecule has 0 rings (SSSR count). The second kappa shape index (κ2) is 5.55. The first-order valence-electron chi connectivity index (χ1n) is 4.84. The Morgan fingerprint density at radius 3 is 2.25 bits per heavy atom. The predicted molar refractivity (Wildman–Crippen MR) is 53.2 cm³/mol. The number of hydrogen-bond donors (Lipinski definition) is 2. The highest BCUT2D eigenvalue weighted by molar-refractivity contribution is 4.73. The van der Waals surface area contributed by atoms with Crippen LogP contribution in [0.3, 0.4) is 0 Å². The molecule has 0 aromatic carbocycles. The van der Waals surface area contributed by atoms with Crippen molar-refractivity contribution in [2.75, 3.05) is 13.2 Å². The normalized spacial score (nSPS) is 14.8. The average molecular weight is 173 g/mol. The van der Waals surface area contributed by atoms with Crippen molar-refractivity contribution in [2.24, 2.45) is 5.41 Å². The Kier molecular flexibility index (Phi) is 5.51. The van der Waals surface area contributed by atoms with Crippen molar-refractivity contribution in [3.8, 4) is 0 Å². The highest BCUT2D eigenvalue weighted by Crippen LogP contribution is 2.21. The standard InChI is InChI=1S/C10H23NO/c1-5-11-9(6-7-12)8-10(2,3)4/h9,11-12H,5-8H2,1-4H3. The van der Waals surface area contributed by atoms with E-state index in [1.54, 1.807) is 0 Å². The van der Waals surface area contributed by atoms with Gasteiger partial charge in [-0.1, -0.05) is 27.7 Å². The van der Waals surface area contributed by atoms with Crippen LogP contribution in [-0.4, -0.2) is 24.3 Å². The summed E-state index contributed by atoms with van der Waals surface area (Å²) in [6.45, 7) is 10.1. The monoisotopic (exact) mass is 173 g/mol. The van der Waals surface area contributed by atoms with Gasteiger partial charge in [-0.2, -0.15) is 0 Å². The smallest absolute Gasteiger partial charge is 0.0445 e. The molecule has 2 heteroatoms. The molecule has 0 aliphatic heterocycles. The number of rotatable bonds is 5. The van der Waals surface area contributed by atoms with Gasteiger partial charge in [0.15, 0.2) is 0 Å². The van der Waals surface area contributed by atoms with Gasteiger partial charge in [-0.3, -0.25) is 0 Å². The predicted octanol–water partition coefficient (Wildman–Crippen LogP) is 1.78. The van der Waals surface area contributed by atoms with Gasteiger partial charge in [-0.05, 0) is 24.8 Å². The lowest BCUT2D eigenvalue weighted by molar-refractivity contribution is 0.233. The molecule has 0 saturated heterocycles. The van der Waals surface area contributed by atoms with Gasteiger partial charge in [-0.15, -0.1) is 0 Å². The van der Waals surface area contributed by atoms with E-state index in [2.05, 4.69) is 33.0 Å². The molecule has 0 spiro atoms. The lowest BCUT2D eigenvalue weighted by atomic mass is 9.87. The van der Waals surface area contributed by atoms with Crippen molar-refractivity contribution in [3.05, 3.63) is 0 Å². The second-order valence-corrected chi connectivity index (χ2v) is 4.53. The van der Waals surface area contributed by atoms with E-state index in [1.165, 1.54) is 0 Å². The Labute approximate surface area is 76.4 Å². The lowest BCUT2D eigenvalue weighted by Crippen LogP contribution is -2.33. The Morgan fingerprint density at radius 2 is 1.92 bits per heavy atom. The largest absolute Gasteiger partial charge is 0.396 e. The first-order valence-corrected chi connectivity index (χ1v) is 4.84. The topological polar surface area (TPSA) is 32.3 Å². The highest BCUT2D eigenvalue weighted by Gasteiger charge is 2.17. The molecule has 0 radical (unpaired) electrons. The van der Waals surface area contributed by atoms with Gasteiger partial charge in [0.1, 0.15) is 0 Å². The third-order valence-electron chi connectivity index (χ3n) is 1.83. The van der Waals surface area contributed by atoms with Crippen LogP contribution in [0.2, 0.25) is 0 Å². The fourth-order valence-corrected chi connectivity index (χ4v) is 1.46. The minimum Gasteiger partial charge on any atom is -0.396 e. The average Bonchev–Trinajstić information content (AvgIpc) is 1.84. The van der Waals surface area contributed by atoms with Gasteiger partial charge in [0.25, 0.3) is 0 Å². The molecule has 0 heterocycles. The molecule has 0 saturated carbocycles. The first kappa shape index (κ1) is 11.9. The summed E-state index contributed by atoms with van der Waals surface area (Å²) in [5.74, 6) is 0. The molecular weight excluding hydrogens is 150 g/mol. The molecule has 0 fully saturated rings. The number of aliphatic hydroxyl groups excluding tert-OH is 1. The van der Waals surface area contributed by atoms with Gasteiger partial charge >= 0.3 is 0 Å². The zero-order valence-electron chi connectivity index (χ0n) is 8.85. The Morgan fingerprint density at radius 1 is 1.33 bits per heavy atom. The third kappa shape index (κ3) is 6.62. The van der Waals surface area contributed by atoms with Crippen LogP contribution in [0.1, 0.15) is 40.5 Å². The summed E-state index contributed by atoms with van der Waals surface area (Å²) in [6.07, 6.45) is 1.99. The third-order valence-corrected chi connectivity index (χ3v) is 1.83. The van der Waals surface area contributed by atoms with Gasteiger partial charge in [0.05, 0.1) is 0 Å². The minimum atomic E-state index is 0.285. The number of nitrogens with one attached hydrogen (secondary N) is 1. The van der Waals surface area contributed by atoms with Crippen molar-refractivity contribution in [1.29, 1.82) is 0 Å². The number of aliphatic hydroxyl groups is 1. The van der Waals surface area contributed by atoms with Crippen LogP contribution in [0.5, 0.6) is 0 Å². The zero-order valence-corrected chi connectivity index (χ0v) is 8.85. The molecule has 0 aliphatic carbocycles. The van der Waals surface area contributed by atoms with Crippen molar-refractivity contribution in [1.82, 2.24) is 5.32 Å². The van der Waals surface area contributed by atoms with Gasteiger partial charge < -0.3 is 10.4 Å². The molecule has 0 aliphatic rings. The van der Waals surface area contributed by atoms with Crippen LogP contribution in [0.15, 0.2) is 0 Å². The van der Waals surface area contributed by atoms with Gasteiger partial charge in [0, 0.05) is 12.6 Å². The molecule has 0 aromatic heterocycles. The van der Waals surface area contributed by atoms with E-state index in [0.29, 0.717) is 11.5 Å². The summed E-state index contributed by atoms with van der Waals surface area (Å²) in [6, 6.07) is 0.472. The summed E-state index contributed by atoms with van der Waals surface area (Å²) >= 11 is 0. The summed E-state index contributed by atoms with van der Waals surface area (Å²) in [4.78, 5) is 0. The molecule has 2 nitrogen and oxygen atoms in total. The van der Waals surface area contributed by atoms with Gasteiger partial charge in [0.2, 0.25) is 0 Å². The molecular formula is C10H23NO. The lowest BCUT2D eigenvalue weighted by Gasteiger charge is -2.26. The van der Waals surface area contributed by atoms with Crippen molar-refractivity contribution < 1.29 is 5.11 Å². The molecule has 0 bridgehead atoms. The Balaban J connectivity index is 3.77. The van der Waals surface area contributed by atoms with E-state index >= 15 is 0 Å². The van der Waals surface area contributed by atoms with E-state index in [1.807, 2.05) is 0 Å². The minimum absolute atomic E-state index is 0.285. The van der Waals surface area contributed by atoms with E-state index in [9.17, 15) is 0 Å². The second-order valence-electron chi connectivity index (χ2n) is 4.53. The summed E-state index contributed by atoms with van der Waals surface area (Å²) in [5, 5.41) is 12.2. The van der Waals surface area contributed by atoms with Crippen LogP contribution < -0.4 is 5.32 Å². The van der Waals surface area contributed by atoms with E-state index < -0.39 is 0 Å². The van der Waals surface area contributed by atoms with Crippen molar-refractivity contribution >= 4 is 0 Å². The number of hydrogen-bond acceptors (Lipinski definition) is 2. The molecule has 1 atom stereocenters. The van der Waals surface area contributed by atoms with Crippen LogP contribution in [-0.2, 0) is 0 Å². The SMILES string of the molecule is CCNC(CCO)CC(C)(C)C. The molecule has 1 unspecified atom stereocenters. The fraction of sp³-hybridized carbons (Fsp3) is 1.00. The van der Waals surface area contributed by atoms with E-state index in [4.69, 9.17) is 5.11 Å². The Hall–Kier alpha value is -0.0800. The molecule has 74 valence electrons. The van der Waals surface area contributed by atoms with Crippen LogP contribution in [0, 0.1) is 5.41 Å². The highest BCUT2D eigenvalue weighted by atomic mass is 16.3. The van der Waals surface area contributed by atoms with Crippen molar-refractivity contribution in [3.63, 3.8) is 0 Å². The zero-order chi connectivity index (χ0) is 9.61. The maximum atomic E-state index is 8.82. The van der Waals surface area contributed by atoms with E-state index in [0.717, 1.165) is 19.4 Å². The quantitative estimate of drug-likeness (QED) is 0.664. The first-order chi connectivity index (χ1) is 5.49. The summed E-state index contributed by atoms with van der Waals surface area (Å²) in [7, 11) is 0. The van der Waals surface area contributed by atoms with Crippen LogP contribution in [0.25, 0.3) is 0 Å². The fourth-order valence-electron chi connectivity index (χ4n) is 1.46. The van der Waals surface area contributed by atoms with E-state index in [-0.39, 0.29) is 6.61 Å². The molecule has 0 amide bonds. The molecule has 2 N–H and O–H groups in total. The van der Waals surface area contributed by atoms with Crippen molar-refractivity contribution in [2.45, 2.75) is 46.6 Å². The maximum Gasteiger partial charge on any atom is 0.0445 e.